The van der Waals surface area contributed by atoms with Gasteiger partial charge in [-0.25, -0.2) is 0 Å². The fourth-order valence-corrected chi connectivity index (χ4v) is 0.874. The van der Waals surface area contributed by atoms with Crippen molar-refractivity contribution in [2.75, 3.05) is 0 Å². The molecule has 0 heteroatoms. The second-order valence-corrected chi connectivity index (χ2v) is 2.49. The molecule has 0 aromatic carbocycles. The Kier molecular flexibility index (Phi) is 4.70. The van der Waals surface area contributed by atoms with Gasteiger partial charge in [-0.05, 0) is 18.9 Å². The highest BCUT2D eigenvalue weighted by atomic mass is 13.8. The third-order valence-electron chi connectivity index (χ3n) is 1.48. The van der Waals surface area contributed by atoms with Crippen LogP contribution in [0, 0.1) is 6.08 Å². The van der Waals surface area contributed by atoms with E-state index in [1.807, 2.05) is 30.4 Å². The molecule has 1 aliphatic carbocycles. The molecule has 61 valence electrons. The highest BCUT2D eigenvalue weighted by molar-refractivity contribution is 5.14. The third-order valence-corrected chi connectivity index (χ3v) is 1.48. The van der Waals surface area contributed by atoms with Crippen molar-refractivity contribution in [3.8, 4) is 0 Å². The minimum Gasteiger partial charge on any atom is -0.0844 e. The predicted octanol–water partition coefficient (Wildman–Crippen LogP) is 3.36. The summed E-state index contributed by atoms with van der Waals surface area (Å²) in [5.74, 6) is 0. The van der Waals surface area contributed by atoms with E-state index in [1.165, 1.54) is 0 Å². The maximum absolute atomic E-state index is 3.04. The normalized spacial score (nSPS) is 17.3. The standard InChI is InChI=1S/C12H13/c1-2-4-6-8-10-12-11-9-7-5-3-1/h1-5,8-11H,6,12H2. The van der Waals surface area contributed by atoms with Crippen molar-refractivity contribution in [2.45, 2.75) is 12.8 Å². The summed E-state index contributed by atoms with van der Waals surface area (Å²) in [6.07, 6.45) is 23.5. The van der Waals surface area contributed by atoms with Gasteiger partial charge in [0.15, 0.2) is 0 Å². The Morgan fingerprint density at radius 1 is 0.750 bits per heavy atom. The van der Waals surface area contributed by atoms with Crippen LogP contribution in [0.15, 0.2) is 54.7 Å². The first kappa shape index (κ1) is 8.79. The van der Waals surface area contributed by atoms with E-state index in [2.05, 4.69) is 30.4 Å². The van der Waals surface area contributed by atoms with Gasteiger partial charge in [0.1, 0.15) is 0 Å². The Labute approximate surface area is 74.3 Å². The monoisotopic (exact) mass is 157 g/mol. The van der Waals surface area contributed by atoms with Gasteiger partial charge in [0, 0.05) is 0 Å². The predicted molar refractivity (Wildman–Crippen MR) is 53.6 cm³/mol. The zero-order valence-electron chi connectivity index (χ0n) is 7.11. The second kappa shape index (κ2) is 6.41. The number of hydrogen-bond acceptors (Lipinski definition) is 0. The average Bonchev–Trinajstić information content (AvgIpc) is 2.05. The fourth-order valence-electron chi connectivity index (χ4n) is 0.874. The van der Waals surface area contributed by atoms with Crippen LogP contribution in [0.1, 0.15) is 12.8 Å². The van der Waals surface area contributed by atoms with Crippen molar-refractivity contribution >= 4 is 0 Å². The largest absolute Gasteiger partial charge is 0.0844 e. The molecular weight excluding hydrogens is 144 g/mol. The van der Waals surface area contributed by atoms with Gasteiger partial charge in [-0.2, -0.15) is 0 Å². The molecule has 0 N–H and O–H groups in total. The van der Waals surface area contributed by atoms with Crippen LogP contribution in [-0.2, 0) is 0 Å². The Bertz CT molecular complexity index is 211. The number of rotatable bonds is 0. The van der Waals surface area contributed by atoms with Gasteiger partial charge in [-0.3, -0.25) is 0 Å². The molecule has 0 saturated heterocycles. The Morgan fingerprint density at radius 3 is 2.50 bits per heavy atom. The molecule has 0 nitrogen and oxygen atoms in total. The average molecular weight is 157 g/mol. The molecule has 0 amide bonds. The molecule has 0 heterocycles. The molecule has 0 aromatic heterocycles. The van der Waals surface area contributed by atoms with Gasteiger partial charge in [-0.1, -0.05) is 54.7 Å². The topological polar surface area (TPSA) is 0 Å². The van der Waals surface area contributed by atoms with Crippen LogP contribution in [0.25, 0.3) is 0 Å². The molecular formula is C12H13. The fraction of sp³-hybridized carbons (Fsp3) is 0.167. The van der Waals surface area contributed by atoms with Gasteiger partial charge in [0.05, 0.1) is 0 Å². The van der Waals surface area contributed by atoms with Gasteiger partial charge in [0.25, 0.3) is 0 Å². The quantitative estimate of drug-likeness (QED) is 0.473. The number of hydrogen-bond donors (Lipinski definition) is 0. The second-order valence-electron chi connectivity index (χ2n) is 2.49. The maximum atomic E-state index is 3.04. The zero-order valence-corrected chi connectivity index (χ0v) is 7.11. The first-order valence-corrected chi connectivity index (χ1v) is 4.21. The minimum atomic E-state index is 0.998. The summed E-state index contributed by atoms with van der Waals surface area (Å²) in [5.41, 5.74) is 0. The lowest BCUT2D eigenvalue weighted by atomic mass is 10.2. The van der Waals surface area contributed by atoms with Gasteiger partial charge in [0.2, 0.25) is 0 Å². The first-order valence-electron chi connectivity index (χ1n) is 4.21. The van der Waals surface area contributed by atoms with Crippen LogP contribution < -0.4 is 0 Å². The lowest BCUT2D eigenvalue weighted by molar-refractivity contribution is 1.31. The van der Waals surface area contributed by atoms with Crippen LogP contribution in [-0.4, -0.2) is 0 Å². The molecule has 0 atom stereocenters. The molecule has 0 bridgehead atoms. The molecule has 0 unspecified atom stereocenters. The molecule has 0 fully saturated rings. The molecule has 1 radical (unpaired) electrons. The van der Waals surface area contributed by atoms with Gasteiger partial charge >= 0.3 is 0 Å². The summed E-state index contributed by atoms with van der Waals surface area (Å²) in [4.78, 5) is 0. The van der Waals surface area contributed by atoms with Crippen LogP contribution in [0.3, 0.4) is 0 Å². The lowest BCUT2D eigenvalue weighted by Crippen LogP contribution is -1.62. The van der Waals surface area contributed by atoms with E-state index in [0.29, 0.717) is 0 Å². The van der Waals surface area contributed by atoms with E-state index in [-0.39, 0.29) is 0 Å². The maximum Gasteiger partial charge on any atom is -0.0166 e. The summed E-state index contributed by atoms with van der Waals surface area (Å²) in [7, 11) is 0. The van der Waals surface area contributed by atoms with E-state index in [9.17, 15) is 0 Å². The van der Waals surface area contributed by atoms with Crippen molar-refractivity contribution in [3.63, 3.8) is 0 Å². The van der Waals surface area contributed by atoms with Crippen LogP contribution in [0.5, 0.6) is 0 Å². The van der Waals surface area contributed by atoms with Crippen LogP contribution in [0.2, 0.25) is 0 Å². The van der Waals surface area contributed by atoms with E-state index in [1.54, 1.807) is 0 Å². The van der Waals surface area contributed by atoms with E-state index in [4.69, 9.17) is 0 Å². The van der Waals surface area contributed by atoms with E-state index >= 15 is 0 Å². The summed E-state index contributed by atoms with van der Waals surface area (Å²) in [6.45, 7) is 0. The Morgan fingerprint density at radius 2 is 1.58 bits per heavy atom. The third kappa shape index (κ3) is 4.51. The number of allylic oxidation sites excluding steroid dienone is 10. The first-order chi connectivity index (χ1) is 6.00. The highest BCUT2D eigenvalue weighted by Crippen LogP contribution is 1.93. The molecule has 0 aromatic rings. The molecule has 12 heavy (non-hydrogen) atoms. The van der Waals surface area contributed by atoms with Crippen molar-refractivity contribution in [1.29, 1.82) is 0 Å². The Balaban J connectivity index is 2.55. The minimum absolute atomic E-state index is 0.998. The van der Waals surface area contributed by atoms with Crippen LogP contribution >= 0.6 is 0 Å². The van der Waals surface area contributed by atoms with Crippen molar-refractivity contribution < 1.29 is 0 Å². The SMILES string of the molecule is [C]1=CC=CC=CCC=CCC=C1. The molecule has 0 aliphatic heterocycles. The lowest BCUT2D eigenvalue weighted by Gasteiger charge is -1.83. The van der Waals surface area contributed by atoms with E-state index in [0.717, 1.165) is 12.8 Å². The van der Waals surface area contributed by atoms with E-state index < -0.39 is 0 Å². The molecule has 0 spiro atoms. The zero-order chi connectivity index (χ0) is 8.49. The van der Waals surface area contributed by atoms with Crippen molar-refractivity contribution in [3.05, 3.63) is 60.8 Å². The smallest absolute Gasteiger partial charge is 0.0166 e. The summed E-state index contributed by atoms with van der Waals surface area (Å²) >= 11 is 0. The summed E-state index contributed by atoms with van der Waals surface area (Å²) in [5, 5.41) is 0. The molecule has 0 saturated carbocycles. The van der Waals surface area contributed by atoms with Crippen molar-refractivity contribution in [1.82, 2.24) is 0 Å². The van der Waals surface area contributed by atoms with Gasteiger partial charge in [-0.15, -0.1) is 0 Å². The highest BCUT2D eigenvalue weighted by Gasteiger charge is 1.72. The van der Waals surface area contributed by atoms with Crippen molar-refractivity contribution in [2.24, 2.45) is 0 Å². The van der Waals surface area contributed by atoms with Gasteiger partial charge < -0.3 is 0 Å². The van der Waals surface area contributed by atoms with Crippen LogP contribution in [0.4, 0.5) is 0 Å². The molecule has 1 rings (SSSR count). The summed E-state index contributed by atoms with van der Waals surface area (Å²) in [6, 6.07) is 0. The Hall–Kier alpha value is -1.30. The summed E-state index contributed by atoms with van der Waals surface area (Å²) < 4.78 is 0. The molecule has 1 aliphatic rings.